The number of nitrogens with one attached hydrogen (secondary N) is 1. The Morgan fingerprint density at radius 2 is 2.15 bits per heavy atom. The third-order valence-electron chi connectivity index (χ3n) is 3.92. The molecule has 0 aliphatic carbocycles. The number of esters is 1. The van der Waals surface area contributed by atoms with Gasteiger partial charge in [0.05, 0.1) is 19.1 Å². The number of carbonyl (C=O) groups excluding carboxylic acids is 1. The summed E-state index contributed by atoms with van der Waals surface area (Å²) in [6, 6.07) is 7.54. The van der Waals surface area contributed by atoms with Crippen LogP contribution in [0.25, 0.3) is 21.3 Å². The van der Waals surface area contributed by atoms with E-state index in [9.17, 15) is 9.59 Å². The van der Waals surface area contributed by atoms with Crippen molar-refractivity contribution >= 4 is 39.3 Å². The number of thioether (sulfide) groups is 1. The molecule has 2 aromatic heterocycles. The molecule has 27 heavy (non-hydrogen) atoms. The van der Waals surface area contributed by atoms with E-state index >= 15 is 0 Å². The van der Waals surface area contributed by atoms with Gasteiger partial charge in [-0.25, -0.2) is 4.98 Å². The summed E-state index contributed by atoms with van der Waals surface area (Å²) in [5.41, 5.74) is 1.46. The van der Waals surface area contributed by atoms with Gasteiger partial charge in [-0.15, -0.1) is 11.3 Å². The number of benzene rings is 1. The van der Waals surface area contributed by atoms with Gasteiger partial charge in [-0.05, 0) is 38.5 Å². The first kappa shape index (κ1) is 19.4. The van der Waals surface area contributed by atoms with Crippen LogP contribution in [0.5, 0.6) is 5.75 Å². The van der Waals surface area contributed by atoms with Gasteiger partial charge in [-0.1, -0.05) is 23.9 Å². The molecule has 0 spiro atoms. The maximum Gasteiger partial charge on any atom is 0.322 e. The highest BCUT2D eigenvalue weighted by Gasteiger charge is 2.32. The van der Waals surface area contributed by atoms with Crippen LogP contribution >= 0.6 is 23.1 Å². The molecule has 142 valence electrons. The third kappa shape index (κ3) is 4.01. The Bertz CT molecular complexity index is 1040. The van der Waals surface area contributed by atoms with Crippen molar-refractivity contribution in [2.75, 3.05) is 13.7 Å². The van der Waals surface area contributed by atoms with Gasteiger partial charge in [0.25, 0.3) is 5.56 Å². The van der Waals surface area contributed by atoms with E-state index in [-0.39, 0.29) is 11.5 Å². The SMILES string of the molecule is CCOC(=O)C(C)(C)Sc1nc2scc(-c3cccc(OC)c3)c2c(=O)[nH]1. The first-order valence-corrected chi connectivity index (χ1v) is 10.1. The van der Waals surface area contributed by atoms with Crippen molar-refractivity contribution in [1.82, 2.24) is 9.97 Å². The van der Waals surface area contributed by atoms with Crippen LogP contribution in [-0.4, -0.2) is 34.4 Å². The van der Waals surface area contributed by atoms with Gasteiger partial charge in [0.1, 0.15) is 15.3 Å². The standard InChI is InChI=1S/C19H20N2O4S2/c1-5-25-17(23)19(2,3)27-18-20-15(22)14-13(10-26-16(14)21-18)11-7-6-8-12(9-11)24-4/h6-10H,5H2,1-4H3,(H,20,21,22). The fourth-order valence-corrected chi connectivity index (χ4v) is 4.48. The topological polar surface area (TPSA) is 81.3 Å². The van der Waals surface area contributed by atoms with E-state index in [1.165, 1.54) is 23.1 Å². The van der Waals surface area contributed by atoms with E-state index in [4.69, 9.17) is 9.47 Å². The lowest BCUT2D eigenvalue weighted by molar-refractivity contribution is -0.145. The smallest absolute Gasteiger partial charge is 0.322 e. The molecular formula is C19H20N2O4S2. The zero-order valence-electron chi connectivity index (χ0n) is 15.5. The van der Waals surface area contributed by atoms with Crippen LogP contribution < -0.4 is 10.3 Å². The van der Waals surface area contributed by atoms with Gasteiger partial charge in [-0.3, -0.25) is 9.59 Å². The Morgan fingerprint density at radius 3 is 2.85 bits per heavy atom. The molecule has 0 atom stereocenters. The quantitative estimate of drug-likeness (QED) is 0.379. The van der Waals surface area contributed by atoms with Gasteiger partial charge in [0, 0.05) is 10.9 Å². The molecule has 3 rings (SSSR count). The van der Waals surface area contributed by atoms with Gasteiger partial charge < -0.3 is 14.5 Å². The van der Waals surface area contributed by atoms with E-state index in [2.05, 4.69) is 9.97 Å². The number of fused-ring (bicyclic) bond motifs is 1. The highest BCUT2D eigenvalue weighted by Crippen LogP contribution is 2.35. The number of carbonyl (C=O) groups is 1. The van der Waals surface area contributed by atoms with Crippen LogP contribution in [0.2, 0.25) is 0 Å². The highest BCUT2D eigenvalue weighted by molar-refractivity contribution is 8.01. The molecule has 8 heteroatoms. The molecule has 0 aliphatic heterocycles. The molecule has 2 heterocycles. The van der Waals surface area contributed by atoms with Crippen molar-refractivity contribution in [1.29, 1.82) is 0 Å². The Balaban J connectivity index is 2.00. The Hall–Kier alpha value is -2.32. The number of H-pyrrole nitrogens is 1. The summed E-state index contributed by atoms with van der Waals surface area (Å²) in [5.74, 6) is 0.376. The number of aromatic nitrogens is 2. The lowest BCUT2D eigenvalue weighted by Crippen LogP contribution is -2.30. The second-order valence-electron chi connectivity index (χ2n) is 6.27. The Morgan fingerprint density at radius 1 is 1.37 bits per heavy atom. The molecule has 6 nitrogen and oxygen atoms in total. The summed E-state index contributed by atoms with van der Waals surface area (Å²) in [4.78, 5) is 32.8. The summed E-state index contributed by atoms with van der Waals surface area (Å²) in [5, 5.41) is 2.84. The summed E-state index contributed by atoms with van der Waals surface area (Å²) >= 11 is 2.57. The van der Waals surface area contributed by atoms with Crippen LogP contribution in [-0.2, 0) is 9.53 Å². The first-order valence-electron chi connectivity index (χ1n) is 8.38. The van der Waals surface area contributed by atoms with Crippen molar-refractivity contribution in [3.05, 3.63) is 40.0 Å². The fourth-order valence-electron chi connectivity index (χ4n) is 2.57. The van der Waals surface area contributed by atoms with Crippen molar-refractivity contribution in [2.24, 2.45) is 0 Å². The number of rotatable bonds is 6. The number of nitrogens with zero attached hydrogens (tertiary/aromatic N) is 1. The van der Waals surface area contributed by atoms with Crippen molar-refractivity contribution in [3.8, 4) is 16.9 Å². The molecule has 0 saturated carbocycles. The maximum absolute atomic E-state index is 12.7. The number of aromatic amines is 1. The zero-order valence-corrected chi connectivity index (χ0v) is 17.1. The van der Waals surface area contributed by atoms with E-state index in [0.29, 0.717) is 22.0 Å². The number of hydrogen-bond acceptors (Lipinski definition) is 7. The molecule has 1 aromatic carbocycles. The minimum Gasteiger partial charge on any atom is -0.497 e. The molecule has 0 amide bonds. The third-order valence-corrected chi connectivity index (χ3v) is 5.86. The predicted octanol–water partition coefficient (Wildman–Crippen LogP) is 4.09. The summed E-state index contributed by atoms with van der Waals surface area (Å²) < 4.78 is 9.50. The van der Waals surface area contributed by atoms with Gasteiger partial charge in [-0.2, -0.15) is 0 Å². The van der Waals surface area contributed by atoms with Gasteiger partial charge in [0.2, 0.25) is 0 Å². The monoisotopic (exact) mass is 404 g/mol. The Kier molecular flexibility index (Phi) is 5.57. The molecule has 0 unspecified atom stereocenters. The fraction of sp³-hybridized carbons (Fsp3) is 0.316. The molecule has 0 aliphatic rings. The lowest BCUT2D eigenvalue weighted by atomic mass is 10.1. The highest BCUT2D eigenvalue weighted by atomic mass is 32.2. The average molecular weight is 405 g/mol. The molecule has 0 bridgehead atoms. The molecule has 0 radical (unpaired) electrons. The summed E-state index contributed by atoms with van der Waals surface area (Å²) in [6.07, 6.45) is 0. The Labute approximate surface area is 164 Å². The largest absolute Gasteiger partial charge is 0.497 e. The average Bonchev–Trinajstić information content (AvgIpc) is 3.06. The van der Waals surface area contributed by atoms with E-state index < -0.39 is 4.75 Å². The summed E-state index contributed by atoms with van der Waals surface area (Å²) in [7, 11) is 1.61. The van der Waals surface area contributed by atoms with Crippen LogP contribution in [0, 0.1) is 0 Å². The zero-order chi connectivity index (χ0) is 19.6. The van der Waals surface area contributed by atoms with Crippen LogP contribution in [0.1, 0.15) is 20.8 Å². The van der Waals surface area contributed by atoms with Crippen molar-refractivity contribution in [3.63, 3.8) is 0 Å². The van der Waals surface area contributed by atoms with E-state index in [1.54, 1.807) is 27.9 Å². The normalized spacial score (nSPS) is 11.6. The lowest BCUT2D eigenvalue weighted by Gasteiger charge is -2.20. The van der Waals surface area contributed by atoms with Crippen LogP contribution in [0.15, 0.2) is 39.6 Å². The number of hydrogen-bond donors (Lipinski definition) is 1. The minimum atomic E-state index is -0.855. The first-order chi connectivity index (χ1) is 12.9. The van der Waals surface area contributed by atoms with Gasteiger partial charge in [0.15, 0.2) is 5.16 Å². The van der Waals surface area contributed by atoms with E-state index in [0.717, 1.165) is 16.9 Å². The van der Waals surface area contributed by atoms with Crippen molar-refractivity contribution < 1.29 is 14.3 Å². The molecule has 1 N–H and O–H groups in total. The van der Waals surface area contributed by atoms with Crippen molar-refractivity contribution in [2.45, 2.75) is 30.7 Å². The predicted molar refractivity (Wildman–Crippen MR) is 109 cm³/mol. The molecular weight excluding hydrogens is 384 g/mol. The van der Waals surface area contributed by atoms with Crippen LogP contribution in [0.3, 0.4) is 0 Å². The van der Waals surface area contributed by atoms with Gasteiger partial charge >= 0.3 is 5.97 Å². The van der Waals surface area contributed by atoms with E-state index in [1.807, 2.05) is 29.6 Å². The molecule has 3 aromatic rings. The number of methoxy groups -OCH3 is 1. The molecule has 0 fully saturated rings. The van der Waals surface area contributed by atoms with Crippen LogP contribution in [0.4, 0.5) is 0 Å². The number of ether oxygens (including phenoxy) is 2. The molecule has 0 saturated heterocycles. The number of thiophene rings is 1. The maximum atomic E-state index is 12.7. The minimum absolute atomic E-state index is 0.235. The summed E-state index contributed by atoms with van der Waals surface area (Å²) in [6.45, 7) is 5.56. The second kappa shape index (κ2) is 7.74. The second-order valence-corrected chi connectivity index (χ2v) is 8.73.